The number of benzene rings is 2. The molecule has 2 rings (SSSR count). The van der Waals surface area contributed by atoms with Crippen molar-refractivity contribution >= 4 is 17.6 Å². The second-order valence-electron chi connectivity index (χ2n) is 5.47. The van der Waals surface area contributed by atoms with Gasteiger partial charge in [-0.3, -0.25) is 0 Å². The predicted octanol–water partition coefficient (Wildman–Crippen LogP) is 4.94. The minimum absolute atomic E-state index is 0.436. The number of hydrogen-bond donors (Lipinski definition) is 1. The Labute approximate surface area is 147 Å². The molecule has 0 aliphatic carbocycles. The Hall–Kier alpha value is -2.20. The molecule has 0 fully saturated rings. The van der Waals surface area contributed by atoms with E-state index in [1.54, 1.807) is 24.3 Å². The molecule has 5 heteroatoms. The van der Waals surface area contributed by atoms with Crippen LogP contribution in [0.2, 0.25) is 5.02 Å². The van der Waals surface area contributed by atoms with E-state index in [0.29, 0.717) is 29.5 Å². The van der Waals surface area contributed by atoms with Crippen LogP contribution in [-0.2, 0) is 11.4 Å². The van der Waals surface area contributed by atoms with Crippen molar-refractivity contribution in [2.75, 3.05) is 0 Å². The van der Waals surface area contributed by atoms with E-state index in [2.05, 4.69) is 0 Å². The van der Waals surface area contributed by atoms with E-state index in [4.69, 9.17) is 21.1 Å². The van der Waals surface area contributed by atoms with E-state index in [9.17, 15) is 9.90 Å². The van der Waals surface area contributed by atoms with E-state index in [1.165, 1.54) is 0 Å². The molecule has 0 saturated heterocycles. The van der Waals surface area contributed by atoms with Crippen LogP contribution >= 0.6 is 11.6 Å². The molecular weight excluding hydrogens is 328 g/mol. The van der Waals surface area contributed by atoms with Crippen molar-refractivity contribution < 1.29 is 19.4 Å². The Kier molecular flexibility index (Phi) is 6.94. The minimum Gasteiger partial charge on any atom is -0.489 e. The highest BCUT2D eigenvalue weighted by Gasteiger charge is 2.18. The Morgan fingerprint density at radius 1 is 1.08 bits per heavy atom. The van der Waals surface area contributed by atoms with Gasteiger partial charge in [-0.15, -0.1) is 0 Å². The van der Waals surface area contributed by atoms with Gasteiger partial charge in [-0.2, -0.15) is 0 Å². The lowest BCUT2D eigenvalue weighted by Crippen LogP contribution is -2.26. The maximum Gasteiger partial charge on any atom is 0.344 e. The smallest absolute Gasteiger partial charge is 0.344 e. The van der Waals surface area contributed by atoms with E-state index in [0.717, 1.165) is 18.4 Å². The highest BCUT2D eigenvalue weighted by atomic mass is 35.5. The second-order valence-corrected chi connectivity index (χ2v) is 5.91. The topological polar surface area (TPSA) is 55.8 Å². The maximum atomic E-state index is 11.2. The molecule has 1 atom stereocenters. The Bertz CT molecular complexity index is 637. The van der Waals surface area contributed by atoms with Gasteiger partial charge in [0.25, 0.3) is 0 Å². The predicted molar refractivity (Wildman–Crippen MR) is 93.8 cm³/mol. The van der Waals surface area contributed by atoms with Gasteiger partial charge in [-0.1, -0.05) is 37.1 Å². The number of ether oxygens (including phenoxy) is 2. The van der Waals surface area contributed by atoms with Gasteiger partial charge in [0.2, 0.25) is 0 Å². The fourth-order valence-corrected chi connectivity index (χ4v) is 2.27. The molecule has 0 aliphatic rings. The highest BCUT2D eigenvalue weighted by molar-refractivity contribution is 6.30. The molecule has 2 aromatic rings. The van der Waals surface area contributed by atoms with Crippen LogP contribution in [0.25, 0.3) is 0 Å². The minimum atomic E-state index is -0.938. The average molecular weight is 349 g/mol. The van der Waals surface area contributed by atoms with Crippen molar-refractivity contribution in [3.63, 3.8) is 0 Å². The normalized spacial score (nSPS) is 11.8. The van der Waals surface area contributed by atoms with E-state index >= 15 is 0 Å². The molecule has 24 heavy (non-hydrogen) atoms. The summed E-state index contributed by atoms with van der Waals surface area (Å²) in [5.74, 6) is 0.279. The summed E-state index contributed by atoms with van der Waals surface area (Å²) >= 11 is 5.85. The Morgan fingerprint density at radius 3 is 2.29 bits per heavy atom. The standard InChI is InChI=1S/C19H21ClO4/c1-2-3-4-18(19(21)22)24-17-11-9-16(10-12-17)23-13-14-5-7-15(20)8-6-14/h5-12,18H,2-4,13H2,1H3,(H,21,22). The molecule has 0 aliphatic heterocycles. The number of rotatable bonds is 9. The summed E-state index contributed by atoms with van der Waals surface area (Å²) in [5, 5.41) is 9.88. The molecule has 1 N–H and O–H groups in total. The van der Waals surface area contributed by atoms with Crippen LogP contribution in [0.1, 0.15) is 31.7 Å². The van der Waals surface area contributed by atoms with Crippen LogP contribution in [0.15, 0.2) is 48.5 Å². The van der Waals surface area contributed by atoms with Crippen molar-refractivity contribution in [1.82, 2.24) is 0 Å². The lowest BCUT2D eigenvalue weighted by molar-refractivity contribution is -0.145. The van der Waals surface area contributed by atoms with Gasteiger partial charge in [0.1, 0.15) is 18.1 Å². The van der Waals surface area contributed by atoms with Gasteiger partial charge in [0, 0.05) is 5.02 Å². The molecule has 0 radical (unpaired) electrons. The largest absolute Gasteiger partial charge is 0.489 e. The zero-order valence-electron chi connectivity index (χ0n) is 13.6. The summed E-state index contributed by atoms with van der Waals surface area (Å²) in [6.45, 7) is 2.46. The van der Waals surface area contributed by atoms with Crippen LogP contribution in [0.3, 0.4) is 0 Å². The molecule has 0 spiro atoms. The summed E-state index contributed by atoms with van der Waals surface area (Å²) in [4.78, 5) is 11.2. The highest BCUT2D eigenvalue weighted by Crippen LogP contribution is 2.21. The third kappa shape index (κ3) is 5.78. The second kappa shape index (κ2) is 9.18. The SMILES string of the molecule is CCCCC(Oc1ccc(OCc2ccc(Cl)cc2)cc1)C(=O)O. The first kappa shape index (κ1) is 18.1. The van der Waals surface area contributed by atoms with E-state index in [-0.39, 0.29) is 0 Å². The van der Waals surface area contributed by atoms with Crippen molar-refractivity contribution in [2.45, 2.75) is 38.9 Å². The first-order chi connectivity index (χ1) is 11.6. The monoisotopic (exact) mass is 348 g/mol. The van der Waals surface area contributed by atoms with Crippen molar-refractivity contribution in [3.05, 3.63) is 59.1 Å². The van der Waals surface area contributed by atoms with Crippen LogP contribution in [-0.4, -0.2) is 17.2 Å². The van der Waals surface area contributed by atoms with Crippen molar-refractivity contribution in [2.24, 2.45) is 0 Å². The third-order valence-corrected chi connectivity index (χ3v) is 3.77. The number of carboxylic acids is 1. The van der Waals surface area contributed by atoms with E-state index in [1.807, 2.05) is 31.2 Å². The molecule has 4 nitrogen and oxygen atoms in total. The zero-order chi connectivity index (χ0) is 17.4. The zero-order valence-corrected chi connectivity index (χ0v) is 14.3. The lowest BCUT2D eigenvalue weighted by atomic mass is 10.1. The van der Waals surface area contributed by atoms with Crippen molar-refractivity contribution in [1.29, 1.82) is 0 Å². The first-order valence-corrected chi connectivity index (χ1v) is 8.33. The number of carbonyl (C=O) groups is 1. The van der Waals surface area contributed by atoms with Gasteiger partial charge in [-0.25, -0.2) is 4.79 Å². The quantitative estimate of drug-likeness (QED) is 0.697. The maximum absolute atomic E-state index is 11.2. The average Bonchev–Trinajstić information content (AvgIpc) is 2.59. The van der Waals surface area contributed by atoms with Gasteiger partial charge >= 0.3 is 5.97 Å². The van der Waals surface area contributed by atoms with Gasteiger partial charge < -0.3 is 14.6 Å². The van der Waals surface area contributed by atoms with Crippen LogP contribution in [0.5, 0.6) is 11.5 Å². The number of aliphatic carboxylic acids is 1. The Balaban J connectivity index is 1.89. The molecule has 0 heterocycles. The first-order valence-electron chi connectivity index (χ1n) is 7.95. The summed E-state index contributed by atoms with van der Waals surface area (Å²) in [5.41, 5.74) is 1.02. The van der Waals surface area contributed by atoms with Gasteiger partial charge in [0.15, 0.2) is 6.10 Å². The summed E-state index contributed by atoms with van der Waals surface area (Å²) in [6.07, 6.45) is 1.44. The van der Waals surface area contributed by atoms with Crippen LogP contribution in [0, 0.1) is 0 Å². The number of hydrogen-bond acceptors (Lipinski definition) is 3. The van der Waals surface area contributed by atoms with E-state index < -0.39 is 12.1 Å². The number of carboxylic acid groups (broad SMARTS) is 1. The lowest BCUT2D eigenvalue weighted by Gasteiger charge is -2.15. The number of unbranched alkanes of at least 4 members (excludes halogenated alkanes) is 1. The summed E-state index contributed by atoms with van der Waals surface area (Å²) < 4.78 is 11.2. The van der Waals surface area contributed by atoms with Gasteiger partial charge in [0.05, 0.1) is 0 Å². The van der Waals surface area contributed by atoms with Crippen LogP contribution < -0.4 is 9.47 Å². The molecule has 2 aromatic carbocycles. The molecule has 0 aromatic heterocycles. The van der Waals surface area contributed by atoms with Crippen LogP contribution in [0.4, 0.5) is 0 Å². The molecule has 1 unspecified atom stereocenters. The molecule has 0 bridgehead atoms. The van der Waals surface area contributed by atoms with Gasteiger partial charge in [-0.05, 0) is 54.8 Å². The molecule has 0 amide bonds. The summed E-state index contributed by atoms with van der Waals surface area (Å²) in [7, 11) is 0. The third-order valence-electron chi connectivity index (χ3n) is 3.52. The fourth-order valence-electron chi connectivity index (χ4n) is 2.15. The summed E-state index contributed by atoms with van der Waals surface area (Å²) in [6, 6.07) is 14.4. The molecular formula is C19H21ClO4. The Morgan fingerprint density at radius 2 is 1.71 bits per heavy atom. The fraction of sp³-hybridized carbons (Fsp3) is 0.316. The number of halogens is 1. The molecule has 0 saturated carbocycles. The van der Waals surface area contributed by atoms with Crippen molar-refractivity contribution in [3.8, 4) is 11.5 Å². The molecule has 128 valence electrons.